The zero-order valence-electron chi connectivity index (χ0n) is 10.1. The van der Waals surface area contributed by atoms with Crippen LogP contribution in [0, 0.1) is 0 Å². The fraction of sp³-hybridized carbons (Fsp3) is 0.571. The van der Waals surface area contributed by atoms with Crippen LogP contribution in [0.1, 0.15) is 37.8 Å². The standard InChI is InChI=1S/C14H19BrO/c1-3-8-16-14(2)7-6-11-9-13(15)5-4-12(11)10-14/h4-5,9H,3,6-8,10H2,1-2H3. The Morgan fingerprint density at radius 2 is 2.19 bits per heavy atom. The van der Waals surface area contributed by atoms with Crippen molar-refractivity contribution in [2.24, 2.45) is 0 Å². The maximum atomic E-state index is 5.99. The molecule has 2 heteroatoms. The minimum absolute atomic E-state index is 0.0524. The summed E-state index contributed by atoms with van der Waals surface area (Å²) in [5.41, 5.74) is 2.98. The third-order valence-electron chi connectivity index (χ3n) is 3.31. The van der Waals surface area contributed by atoms with Gasteiger partial charge in [-0.15, -0.1) is 0 Å². The highest BCUT2D eigenvalue weighted by molar-refractivity contribution is 9.10. The van der Waals surface area contributed by atoms with Gasteiger partial charge in [-0.1, -0.05) is 28.9 Å². The second-order valence-corrected chi connectivity index (χ2v) is 5.80. The molecule has 1 nitrogen and oxygen atoms in total. The third-order valence-corrected chi connectivity index (χ3v) is 3.80. The van der Waals surface area contributed by atoms with E-state index in [0.29, 0.717) is 0 Å². The van der Waals surface area contributed by atoms with Crippen LogP contribution >= 0.6 is 15.9 Å². The lowest BCUT2D eigenvalue weighted by Gasteiger charge is -2.35. The van der Waals surface area contributed by atoms with Crippen LogP contribution in [0.5, 0.6) is 0 Å². The van der Waals surface area contributed by atoms with Crippen LogP contribution in [0.3, 0.4) is 0 Å². The van der Waals surface area contributed by atoms with Crippen molar-refractivity contribution in [3.63, 3.8) is 0 Å². The molecule has 0 aromatic heterocycles. The Morgan fingerprint density at radius 1 is 1.38 bits per heavy atom. The van der Waals surface area contributed by atoms with Gasteiger partial charge in [0.25, 0.3) is 0 Å². The molecular weight excluding hydrogens is 264 g/mol. The van der Waals surface area contributed by atoms with Crippen LogP contribution in [0.4, 0.5) is 0 Å². The highest BCUT2D eigenvalue weighted by Crippen LogP contribution is 2.32. The predicted molar refractivity (Wildman–Crippen MR) is 70.8 cm³/mol. The predicted octanol–water partition coefficient (Wildman–Crippen LogP) is 4.12. The van der Waals surface area contributed by atoms with Crippen molar-refractivity contribution in [2.75, 3.05) is 6.61 Å². The molecule has 88 valence electrons. The van der Waals surface area contributed by atoms with E-state index in [2.05, 4.69) is 48.0 Å². The summed E-state index contributed by atoms with van der Waals surface area (Å²) in [5, 5.41) is 0. The highest BCUT2D eigenvalue weighted by Gasteiger charge is 2.30. The lowest BCUT2D eigenvalue weighted by atomic mass is 9.81. The van der Waals surface area contributed by atoms with Gasteiger partial charge in [-0.2, -0.15) is 0 Å². The van der Waals surface area contributed by atoms with E-state index < -0.39 is 0 Å². The summed E-state index contributed by atoms with van der Waals surface area (Å²) in [6.45, 7) is 5.28. The number of ether oxygens (including phenoxy) is 1. The van der Waals surface area contributed by atoms with Crippen molar-refractivity contribution in [2.45, 2.75) is 45.1 Å². The maximum absolute atomic E-state index is 5.99. The quantitative estimate of drug-likeness (QED) is 0.810. The number of hydrogen-bond donors (Lipinski definition) is 0. The Hall–Kier alpha value is -0.340. The van der Waals surface area contributed by atoms with E-state index in [9.17, 15) is 0 Å². The van der Waals surface area contributed by atoms with Gasteiger partial charge in [0.05, 0.1) is 5.60 Å². The van der Waals surface area contributed by atoms with Gasteiger partial charge in [-0.3, -0.25) is 0 Å². The smallest absolute Gasteiger partial charge is 0.0697 e. The number of benzene rings is 1. The molecule has 0 fully saturated rings. The molecule has 0 saturated carbocycles. The SMILES string of the molecule is CCCOC1(C)CCc2cc(Br)ccc2C1. The van der Waals surface area contributed by atoms with E-state index >= 15 is 0 Å². The van der Waals surface area contributed by atoms with Crippen LogP contribution < -0.4 is 0 Å². The van der Waals surface area contributed by atoms with Gasteiger partial charge in [0, 0.05) is 17.5 Å². The van der Waals surface area contributed by atoms with Crippen LogP contribution in [0.15, 0.2) is 22.7 Å². The molecule has 1 aliphatic rings. The van der Waals surface area contributed by atoms with E-state index in [1.54, 1.807) is 0 Å². The van der Waals surface area contributed by atoms with Crippen molar-refractivity contribution >= 4 is 15.9 Å². The van der Waals surface area contributed by atoms with Crippen molar-refractivity contribution in [3.8, 4) is 0 Å². The molecule has 0 bridgehead atoms. The number of hydrogen-bond acceptors (Lipinski definition) is 1. The summed E-state index contributed by atoms with van der Waals surface area (Å²) in [6.07, 6.45) is 4.42. The zero-order chi connectivity index (χ0) is 11.6. The molecule has 1 unspecified atom stereocenters. The Labute approximate surface area is 106 Å². The third kappa shape index (κ3) is 2.67. The summed E-state index contributed by atoms with van der Waals surface area (Å²) >= 11 is 3.53. The molecule has 0 heterocycles. The first kappa shape index (κ1) is 12.1. The van der Waals surface area contributed by atoms with Crippen LogP contribution in [0.2, 0.25) is 0 Å². The van der Waals surface area contributed by atoms with Crippen LogP contribution in [-0.4, -0.2) is 12.2 Å². The molecule has 1 atom stereocenters. The monoisotopic (exact) mass is 282 g/mol. The number of aryl methyl sites for hydroxylation is 1. The number of halogens is 1. The first-order valence-corrected chi connectivity index (χ1v) is 6.83. The highest BCUT2D eigenvalue weighted by atomic mass is 79.9. The van der Waals surface area contributed by atoms with Gasteiger partial charge in [0.2, 0.25) is 0 Å². The average molecular weight is 283 g/mol. The Morgan fingerprint density at radius 3 is 2.94 bits per heavy atom. The topological polar surface area (TPSA) is 9.23 Å². The normalized spacial score (nSPS) is 24.2. The number of rotatable bonds is 3. The van der Waals surface area contributed by atoms with Crippen molar-refractivity contribution < 1.29 is 4.74 Å². The molecule has 0 spiro atoms. The molecule has 0 saturated heterocycles. The minimum Gasteiger partial charge on any atom is -0.375 e. The molecular formula is C14H19BrO. The zero-order valence-corrected chi connectivity index (χ0v) is 11.6. The number of fused-ring (bicyclic) bond motifs is 1. The molecule has 0 aliphatic heterocycles. The maximum Gasteiger partial charge on any atom is 0.0697 e. The summed E-state index contributed by atoms with van der Waals surface area (Å²) in [7, 11) is 0. The van der Waals surface area contributed by atoms with Crippen molar-refractivity contribution in [1.29, 1.82) is 0 Å². The van der Waals surface area contributed by atoms with E-state index in [4.69, 9.17) is 4.74 Å². The van der Waals surface area contributed by atoms with Gasteiger partial charge in [-0.05, 0) is 49.4 Å². The Bertz CT molecular complexity index is 375. The molecule has 1 aromatic carbocycles. The second kappa shape index (κ2) is 4.89. The molecule has 16 heavy (non-hydrogen) atoms. The fourth-order valence-corrected chi connectivity index (χ4v) is 2.77. The van der Waals surface area contributed by atoms with Gasteiger partial charge < -0.3 is 4.74 Å². The average Bonchev–Trinajstić information content (AvgIpc) is 2.27. The van der Waals surface area contributed by atoms with E-state index in [0.717, 1.165) is 32.3 Å². The minimum atomic E-state index is 0.0524. The second-order valence-electron chi connectivity index (χ2n) is 4.89. The molecule has 0 N–H and O–H groups in total. The van der Waals surface area contributed by atoms with Crippen LogP contribution in [-0.2, 0) is 17.6 Å². The molecule has 1 aliphatic carbocycles. The Kier molecular flexibility index (Phi) is 3.70. The lowest BCUT2D eigenvalue weighted by Crippen LogP contribution is -2.36. The molecule has 0 amide bonds. The molecule has 2 rings (SSSR count). The first-order chi connectivity index (χ1) is 7.63. The summed E-state index contributed by atoms with van der Waals surface area (Å²) in [4.78, 5) is 0. The molecule has 0 radical (unpaired) electrons. The van der Waals surface area contributed by atoms with Gasteiger partial charge in [0.15, 0.2) is 0 Å². The van der Waals surface area contributed by atoms with Crippen molar-refractivity contribution in [1.82, 2.24) is 0 Å². The summed E-state index contributed by atoms with van der Waals surface area (Å²) < 4.78 is 7.18. The van der Waals surface area contributed by atoms with E-state index in [-0.39, 0.29) is 5.60 Å². The fourth-order valence-electron chi connectivity index (χ4n) is 2.36. The van der Waals surface area contributed by atoms with E-state index in [1.807, 2.05) is 0 Å². The van der Waals surface area contributed by atoms with Gasteiger partial charge >= 0.3 is 0 Å². The summed E-state index contributed by atoms with van der Waals surface area (Å²) in [6, 6.07) is 6.60. The summed E-state index contributed by atoms with van der Waals surface area (Å²) in [5.74, 6) is 0. The van der Waals surface area contributed by atoms with Gasteiger partial charge in [-0.25, -0.2) is 0 Å². The van der Waals surface area contributed by atoms with E-state index in [1.165, 1.54) is 15.6 Å². The van der Waals surface area contributed by atoms with Gasteiger partial charge in [0.1, 0.15) is 0 Å². The van der Waals surface area contributed by atoms with Crippen molar-refractivity contribution in [3.05, 3.63) is 33.8 Å². The first-order valence-electron chi connectivity index (χ1n) is 6.04. The lowest BCUT2D eigenvalue weighted by molar-refractivity contribution is -0.0406. The largest absolute Gasteiger partial charge is 0.375 e. The molecule has 1 aromatic rings. The Balaban J connectivity index is 2.14. The van der Waals surface area contributed by atoms with Crippen LogP contribution in [0.25, 0.3) is 0 Å².